The van der Waals surface area contributed by atoms with Crippen LogP contribution in [-0.2, 0) is 0 Å². The van der Waals surface area contributed by atoms with E-state index in [1.165, 1.54) is 7.11 Å². The number of carbonyl (C=O) groups is 1. The molecule has 0 spiro atoms. The maximum Gasteiger partial charge on any atom is 0.254 e. The molecule has 0 heterocycles. The lowest BCUT2D eigenvalue weighted by Crippen LogP contribution is -2.51. The normalized spacial score (nSPS) is 12.9. The quantitative estimate of drug-likeness (QED) is 0.702. The van der Waals surface area contributed by atoms with Crippen LogP contribution in [0.3, 0.4) is 0 Å². The van der Waals surface area contributed by atoms with Crippen LogP contribution in [0.4, 0.5) is 5.69 Å². The minimum atomic E-state index is -0.730. The standard InChI is InChI=1S/C13H20N2O3/c1-8(16)13(2,3)15-12(17)9-6-5-7-10(18-4)11(9)14/h5-8,16H,14H2,1-4H3,(H,15,17). The highest BCUT2D eigenvalue weighted by Gasteiger charge is 2.27. The van der Waals surface area contributed by atoms with E-state index in [0.29, 0.717) is 17.0 Å². The van der Waals surface area contributed by atoms with Gasteiger partial charge in [0.05, 0.1) is 30.0 Å². The molecule has 0 radical (unpaired) electrons. The Labute approximate surface area is 107 Å². The molecule has 1 aromatic rings. The van der Waals surface area contributed by atoms with E-state index in [9.17, 15) is 9.90 Å². The lowest BCUT2D eigenvalue weighted by molar-refractivity contribution is 0.0710. The first kappa shape index (κ1) is 14.3. The van der Waals surface area contributed by atoms with Crippen LogP contribution < -0.4 is 15.8 Å². The topological polar surface area (TPSA) is 84.6 Å². The second-order valence-corrected chi connectivity index (χ2v) is 4.77. The molecule has 100 valence electrons. The van der Waals surface area contributed by atoms with Crippen LogP contribution in [-0.4, -0.2) is 29.8 Å². The number of para-hydroxylation sites is 1. The Kier molecular flexibility index (Phi) is 4.19. The Morgan fingerprint density at radius 3 is 2.61 bits per heavy atom. The van der Waals surface area contributed by atoms with E-state index in [4.69, 9.17) is 10.5 Å². The molecule has 1 amide bonds. The fraction of sp³-hybridized carbons (Fsp3) is 0.462. The Morgan fingerprint density at radius 2 is 2.11 bits per heavy atom. The smallest absolute Gasteiger partial charge is 0.254 e. The van der Waals surface area contributed by atoms with Crippen LogP contribution in [0.1, 0.15) is 31.1 Å². The average molecular weight is 252 g/mol. The van der Waals surface area contributed by atoms with Crippen LogP contribution in [0.25, 0.3) is 0 Å². The summed E-state index contributed by atoms with van der Waals surface area (Å²) in [5.41, 5.74) is 5.74. The SMILES string of the molecule is COc1cccc(C(=O)NC(C)(C)C(C)O)c1N. The molecular weight excluding hydrogens is 232 g/mol. The number of nitrogens with two attached hydrogens (primary N) is 1. The summed E-state index contributed by atoms with van der Waals surface area (Å²) >= 11 is 0. The number of aliphatic hydroxyl groups excluding tert-OH is 1. The third-order valence-corrected chi connectivity index (χ3v) is 3.01. The summed E-state index contributed by atoms with van der Waals surface area (Å²) in [6, 6.07) is 5.00. The second kappa shape index (κ2) is 5.27. The van der Waals surface area contributed by atoms with E-state index in [-0.39, 0.29) is 5.91 Å². The third-order valence-electron chi connectivity index (χ3n) is 3.01. The van der Waals surface area contributed by atoms with Gasteiger partial charge in [-0.2, -0.15) is 0 Å². The van der Waals surface area contributed by atoms with Gasteiger partial charge in [0, 0.05) is 0 Å². The van der Waals surface area contributed by atoms with Gasteiger partial charge in [0.25, 0.3) is 5.91 Å². The number of carbonyl (C=O) groups excluding carboxylic acids is 1. The molecule has 0 fully saturated rings. The monoisotopic (exact) mass is 252 g/mol. The molecule has 1 atom stereocenters. The van der Waals surface area contributed by atoms with E-state index in [1.54, 1.807) is 39.0 Å². The number of amides is 1. The van der Waals surface area contributed by atoms with Gasteiger partial charge in [0.1, 0.15) is 5.75 Å². The number of nitrogens with one attached hydrogen (secondary N) is 1. The van der Waals surface area contributed by atoms with Crippen molar-refractivity contribution in [1.29, 1.82) is 0 Å². The predicted molar refractivity (Wildman–Crippen MR) is 70.6 cm³/mol. The molecule has 0 aromatic heterocycles. The van der Waals surface area contributed by atoms with Gasteiger partial charge in [-0.25, -0.2) is 0 Å². The number of benzene rings is 1. The summed E-state index contributed by atoms with van der Waals surface area (Å²) in [7, 11) is 1.49. The number of aliphatic hydroxyl groups is 1. The number of anilines is 1. The van der Waals surface area contributed by atoms with Gasteiger partial charge in [-0.15, -0.1) is 0 Å². The minimum absolute atomic E-state index is 0.291. The zero-order valence-electron chi connectivity index (χ0n) is 11.2. The van der Waals surface area contributed by atoms with E-state index in [0.717, 1.165) is 0 Å². The molecule has 0 bridgehead atoms. The molecule has 5 nitrogen and oxygen atoms in total. The maximum absolute atomic E-state index is 12.1. The molecule has 0 aliphatic rings. The first-order valence-electron chi connectivity index (χ1n) is 5.72. The molecule has 4 N–H and O–H groups in total. The Balaban J connectivity index is 2.99. The van der Waals surface area contributed by atoms with Crippen molar-refractivity contribution in [3.05, 3.63) is 23.8 Å². The highest BCUT2D eigenvalue weighted by Crippen LogP contribution is 2.25. The van der Waals surface area contributed by atoms with Gasteiger partial charge >= 0.3 is 0 Å². The predicted octanol–water partition coefficient (Wildman–Crippen LogP) is 1.17. The van der Waals surface area contributed by atoms with Crippen molar-refractivity contribution in [2.45, 2.75) is 32.4 Å². The number of nitrogen functional groups attached to an aromatic ring is 1. The van der Waals surface area contributed by atoms with Crippen LogP contribution in [0, 0.1) is 0 Å². The molecular formula is C13H20N2O3. The van der Waals surface area contributed by atoms with Crippen molar-refractivity contribution in [3.63, 3.8) is 0 Å². The number of methoxy groups -OCH3 is 1. The summed E-state index contributed by atoms with van der Waals surface area (Å²) in [6.07, 6.45) is -0.673. The number of hydrogen-bond acceptors (Lipinski definition) is 4. The molecule has 1 rings (SSSR count). The highest BCUT2D eigenvalue weighted by molar-refractivity contribution is 6.00. The van der Waals surface area contributed by atoms with Crippen LogP contribution in [0.15, 0.2) is 18.2 Å². The Morgan fingerprint density at radius 1 is 1.50 bits per heavy atom. The van der Waals surface area contributed by atoms with Gasteiger partial charge in [-0.05, 0) is 32.9 Å². The Bertz CT molecular complexity index is 442. The molecule has 0 aliphatic carbocycles. The number of rotatable bonds is 4. The largest absolute Gasteiger partial charge is 0.495 e. The van der Waals surface area contributed by atoms with Gasteiger partial charge in [0.2, 0.25) is 0 Å². The molecule has 0 saturated carbocycles. The number of hydrogen-bond donors (Lipinski definition) is 3. The lowest BCUT2D eigenvalue weighted by Gasteiger charge is -2.29. The lowest BCUT2D eigenvalue weighted by atomic mass is 9.98. The third kappa shape index (κ3) is 2.92. The van der Waals surface area contributed by atoms with Gasteiger partial charge < -0.3 is 20.9 Å². The summed E-state index contributed by atoms with van der Waals surface area (Å²) in [5, 5.41) is 12.3. The minimum Gasteiger partial charge on any atom is -0.495 e. The first-order chi connectivity index (χ1) is 8.29. The van der Waals surface area contributed by atoms with Crippen molar-refractivity contribution in [2.75, 3.05) is 12.8 Å². The van der Waals surface area contributed by atoms with Crippen molar-refractivity contribution in [2.24, 2.45) is 0 Å². The van der Waals surface area contributed by atoms with Gasteiger partial charge in [-0.3, -0.25) is 4.79 Å². The zero-order chi connectivity index (χ0) is 13.9. The van der Waals surface area contributed by atoms with Crippen molar-refractivity contribution >= 4 is 11.6 Å². The summed E-state index contributed by atoms with van der Waals surface area (Å²) < 4.78 is 5.06. The average Bonchev–Trinajstić information content (AvgIpc) is 2.28. The second-order valence-electron chi connectivity index (χ2n) is 4.77. The molecule has 0 aliphatic heterocycles. The van der Waals surface area contributed by atoms with Gasteiger partial charge in [0.15, 0.2) is 0 Å². The molecule has 5 heteroatoms. The molecule has 0 saturated heterocycles. The van der Waals surface area contributed by atoms with Crippen LogP contribution in [0.2, 0.25) is 0 Å². The maximum atomic E-state index is 12.1. The molecule has 1 aromatic carbocycles. The number of ether oxygens (including phenoxy) is 1. The van der Waals surface area contributed by atoms with E-state index in [2.05, 4.69) is 5.32 Å². The van der Waals surface area contributed by atoms with Gasteiger partial charge in [-0.1, -0.05) is 6.07 Å². The highest BCUT2D eigenvalue weighted by atomic mass is 16.5. The fourth-order valence-corrected chi connectivity index (χ4v) is 1.38. The molecule has 18 heavy (non-hydrogen) atoms. The van der Waals surface area contributed by atoms with Crippen molar-refractivity contribution in [1.82, 2.24) is 5.32 Å². The van der Waals surface area contributed by atoms with E-state index < -0.39 is 11.6 Å². The van der Waals surface area contributed by atoms with E-state index in [1.807, 2.05) is 0 Å². The van der Waals surface area contributed by atoms with Crippen LogP contribution >= 0.6 is 0 Å². The van der Waals surface area contributed by atoms with E-state index >= 15 is 0 Å². The summed E-state index contributed by atoms with van der Waals surface area (Å²) in [6.45, 7) is 5.10. The zero-order valence-corrected chi connectivity index (χ0v) is 11.2. The van der Waals surface area contributed by atoms with Crippen molar-refractivity contribution < 1.29 is 14.6 Å². The summed E-state index contributed by atoms with van der Waals surface area (Å²) in [4.78, 5) is 12.1. The first-order valence-corrected chi connectivity index (χ1v) is 5.72. The van der Waals surface area contributed by atoms with Crippen molar-refractivity contribution in [3.8, 4) is 5.75 Å². The van der Waals surface area contributed by atoms with Crippen LogP contribution in [0.5, 0.6) is 5.75 Å². The fourth-order valence-electron chi connectivity index (χ4n) is 1.38. The Hall–Kier alpha value is -1.75. The summed E-state index contributed by atoms with van der Waals surface area (Å²) in [5.74, 6) is 0.120. The molecule has 1 unspecified atom stereocenters.